The van der Waals surface area contributed by atoms with Gasteiger partial charge in [0.15, 0.2) is 0 Å². The van der Waals surface area contributed by atoms with Crippen LogP contribution in [0.4, 0.5) is 0 Å². The lowest BCUT2D eigenvalue weighted by molar-refractivity contribution is 0.185. The van der Waals surface area contributed by atoms with Crippen LogP contribution in [-0.2, 0) is 20.9 Å². The first-order chi connectivity index (χ1) is 9.54. The predicted octanol–water partition coefficient (Wildman–Crippen LogP) is 6.32. The molecule has 0 unspecified atom stereocenters. The molecule has 0 saturated heterocycles. The Morgan fingerprint density at radius 2 is 1.76 bits per heavy atom. The maximum absolute atomic E-state index is 6.05. The highest BCUT2D eigenvalue weighted by Gasteiger charge is 2.38. The van der Waals surface area contributed by atoms with Crippen LogP contribution in [0.2, 0.25) is 0 Å². The highest BCUT2D eigenvalue weighted by molar-refractivity contribution is 8.68. The number of hydrogen-bond donors (Lipinski definition) is 0. The molecule has 1 rings (SSSR count). The molecule has 0 saturated carbocycles. The standard InChI is InChI=1S/C16H31O2PS2/c1-12(2)17-19(20,18-13(3)4)21-16(6,7)15-10-8-14(5)9-11-15/h8,12-13,15H,9-11H2,1-7H3/t15-/m0/s1. The van der Waals surface area contributed by atoms with Gasteiger partial charge in [-0.2, -0.15) is 0 Å². The fraction of sp³-hybridized carbons (Fsp3) is 0.875. The van der Waals surface area contributed by atoms with E-state index in [1.165, 1.54) is 18.4 Å². The summed E-state index contributed by atoms with van der Waals surface area (Å²) in [4.78, 5) is 0. The van der Waals surface area contributed by atoms with Crippen LogP contribution in [0.1, 0.15) is 67.7 Å². The molecule has 0 radical (unpaired) electrons. The summed E-state index contributed by atoms with van der Waals surface area (Å²) in [6, 6.07) is 0. The van der Waals surface area contributed by atoms with E-state index >= 15 is 0 Å². The average molecular weight is 351 g/mol. The lowest BCUT2D eigenvalue weighted by atomic mass is 9.82. The van der Waals surface area contributed by atoms with E-state index in [9.17, 15) is 0 Å². The third kappa shape index (κ3) is 6.74. The minimum absolute atomic E-state index is 0.0799. The number of hydrogen-bond acceptors (Lipinski definition) is 4. The van der Waals surface area contributed by atoms with Crippen molar-refractivity contribution in [2.45, 2.75) is 84.7 Å². The Hall–Kier alpha value is 0.660. The van der Waals surface area contributed by atoms with Gasteiger partial charge in [-0.25, -0.2) is 0 Å². The van der Waals surface area contributed by atoms with E-state index in [0.29, 0.717) is 5.92 Å². The Morgan fingerprint density at radius 3 is 2.14 bits per heavy atom. The topological polar surface area (TPSA) is 18.5 Å². The smallest absolute Gasteiger partial charge is 0.248 e. The van der Waals surface area contributed by atoms with Gasteiger partial charge in [0.1, 0.15) is 0 Å². The normalized spacial score (nSPS) is 21.0. The zero-order valence-electron chi connectivity index (χ0n) is 14.5. The molecule has 1 aliphatic carbocycles. The first-order valence-corrected chi connectivity index (χ1v) is 11.9. The fourth-order valence-corrected chi connectivity index (χ4v) is 10.9. The summed E-state index contributed by atoms with van der Waals surface area (Å²) in [6.07, 6.45) is 6.17. The molecule has 0 heterocycles. The summed E-state index contributed by atoms with van der Waals surface area (Å²) in [6.45, 7) is 15.0. The third-order valence-electron chi connectivity index (χ3n) is 3.65. The second-order valence-corrected chi connectivity index (χ2v) is 13.6. The Balaban J connectivity index is 2.83. The zero-order valence-corrected chi connectivity index (χ0v) is 17.0. The Kier molecular flexibility index (Phi) is 7.48. The van der Waals surface area contributed by atoms with E-state index in [1.807, 2.05) is 27.7 Å². The summed E-state index contributed by atoms with van der Waals surface area (Å²) < 4.78 is 12.2. The van der Waals surface area contributed by atoms with E-state index in [0.717, 1.165) is 6.42 Å². The van der Waals surface area contributed by atoms with Gasteiger partial charge in [-0.05, 0) is 85.5 Å². The molecule has 5 heteroatoms. The lowest BCUT2D eigenvalue weighted by Crippen LogP contribution is -2.29. The Labute approximate surface area is 140 Å². The second-order valence-electron chi connectivity index (χ2n) is 6.97. The van der Waals surface area contributed by atoms with Crippen molar-refractivity contribution in [1.82, 2.24) is 0 Å². The van der Waals surface area contributed by atoms with Gasteiger partial charge in [0.2, 0.25) is 5.69 Å². The fourth-order valence-electron chi connectivity index (χ4n) is 2.54. The summed E-state index contributed by atoms with van der Waals surface area (Å²) in [5.41, 5.74) is -0.789. The van der Waals surface area contributed by atoms with Crippen LogP contribution >= 0.6 is 17.1 Å². The molecule has 1 aliphatic rings. The van der Waals surface area contributed by atoms with Crippen LogP contribution in [0.3, 0.4) is 0 Å². The molecule has 124 valence electrons. The van der Waals surface area contributed by atoms with Crippen LogP contribution in [0, 0.1) is 5.92 Å². The van der Waals surface area contributed by atoms with E-state index in [4.69, 9.17) is 20.9 Å². The van der Waals surface area contributed by atoms with Gasteiger partial charge in [-0.1, -0.05) is 23.0 Å². The van der Waals surface area contributed by atoms with Crippen molar-refractivity contribution in [3.8, 4) is 0 Å². The van der Waals surface area contributed by atoms with Gasteiger partial charge in [-0.15, -0.1) is 0 Å². The average Bonchev–Trinajstić information content (AvgIpc) is 2.25. The van der Waals surface area contributed by atoms with E-state index in [1.54, 1.807) is 11.4 Å². The molecular weight excluding hydrogens is 319 g/mol. The highest BCUT2D eigenvalue weighted by Crippen LogP contribution is 2.68. The zero-order chi connectivity index (χ0) is 16.3. The molecule has 0 spiro atoms. The molecular formula is C16H31O2PS2. The molecule has 0 fully saturated rings. The highest BCUT2D eigenvalue weighted by atomic mass is 32.9. The lowest BCUT2D eigenvalue weighted by Gasteiger charge is -2.39. The summed E-state index contributed by atoms with van der Waals surface area (Å²) >= 11 is 7.58. The van der Waals surface area contributed by atoms with Crippen molar-refractivity contribution in [3.05, 3.63) is 11.6 Å². The van der Waals surface area contributed by atoms with Gasteiger partial charge in [0.25, 0.3) is 0 Å². The van der Waals surface area contributed by atoms with Gasteiger partial charge < -0.3 is 9.05 Å². The molecule has 0 amide bonds. The number of rotatable bonds is 7. The molecule has 0 aromatic carbocycles. The first-order valence-electron chi connectivity index (χ1n) is 7.87. The molecule has 0 N–H and O–H groups in total. The van der Waals surface area contributed by atoms with Crippen LogP contribution in [0.25, 0.3) is 0 Å². The molecule has 1 atom stereocenters. The molecule has 0 aromatic heterocycles. The van der Waals surface area contributed by atoms with Crippen molar-refractivity contribution < 1.29 is 9.05 Å². The molecule has 21 heavy (non-hydrogen) atoms. The minimum atomic E-state index is -2.31. The monoisotopic (exact) mass is 350 g/mol. The van der Waals surface area contributed by atoms with Crippen LogP contribution in [-0.4, -0.2) is 17.0 Å². The van der Waals surface area contributed by atoms with Crippen LogP contribution < -0.4 is 0 Å². The van der Waals surface area contributed by atoms with Gasteiger partial charge in [-0.3, -0.25) is 0 Å². The summed E-state index contributed by atoms with van der Waals surface area (Å²) in [5, 5.41) is 0. The van der Waals surface area contributed by atoms with Crippen molar-refractivity contribution in [2.24, 2.45) is 5.92 Å². The maximum atomic E-state index is 6.05. The quantitative estimate of drug-likeness (QED) is 0.395. The summed E-state index contributed by atoms with van der Waals surface area (Å²) in [5.74, 6) is 0.639. The molecule has 0 aromatic rings. The SMILES string of the molecule is CC1=CC[C@H](C(C)(C)SP(=S)(OC(C)C)OC(C)C)CC1. The van der Waals surface area contributed by atoms with Crippen LogP contribution in [0.15, 0.2) is 11.6 Å². The molecule has 0 bridgehead atoms. The van der Waals surface area contributed by atoms with Gasteiger partial charge in [0.05, 0.1) is 12.2 Å². The van der Waals surface area contributed by atoms with E-state index in [-0.39, 0.29) is 17.0 Å². The largest absolute Gasteiger partial charge is 0.319 e. The van der Waals surface area contributed by atoms with Crippen LogP contribution in [0.5, 0.6) is 0 Å². The molecule has 2 nitrogen and oxygen atoms in total. The number of allylic oxidation sites excluding steroid dienone is 2. The molecule has 0 aliphatic heterocycles. The first kappa shape index (κ1) is 19.7. The third-order valence-corrected chi connectivity index (χ3v) is 9.82. The van der Waals surface area contributed by atoms with E-state index < -0.39 is 5.69 Å². The Bertz CT molecular complexity index is 403. The van der Waals surface area contributed by atoms with E-state index in [2.05, 4.69) is 26.8 Å². The summed E-state index contributed by atoms with van der Waals surface area (Å²) in [7, 11) is 0. The Morgan fingerprint density at radius 1 is 1.24 bits per heavy atom. The van der Waals surface area contributed by atoms with Crippen molar-refractivity contribution >= 4 is 28.9 Å². The van der Waals surface area contributed by atoms with Crippen molar-refractivity contribution in [1.29, 1.82) is 0 Å². The maximum Gasteiger partial charge on any atom is 0.248 e. The van der Waals surface area contributed by atoms with Crippen molar-refractivity contribution in [3.63, 3.8) is 0 Å². The van der Waals surface area contributed by atoms with Gasteiger partial charge >= 0.3 is 0 Å². The van der Waals surface area contributed by atoms with Crippen molar-refractivity contribution in [2.75, 3.05) is 0 Å². The predicted molar refractivity (Wildman–Crippen MR) is 99.5 cm³/mol. The van der Waals surface area contributed by atoms with Gasteiger partial charge in [0, 0.05) is 4.75 Å². The second kappa shape index (κ2) is 7.97. The minimum Gasteiger partial charge on any atom is -0.319 e.